The lowest BCUT2D eigenvalue weighted by molar-refractivity contribution is 0.339. The number of rotatable bonds is 12. The number of pyridine rings is 1. The molecule has 2 aromatic carbocycles. The second-order valence-electron chi connectivity index (χ2n) is 8.40. The highest BCUT2D eigenvalue weighted by molar-refractivity contribution is 7.89. The van der Waals surface area contributed by atoms with Crippen molar-refractivity contribution >= 4 is 22.1 Å². The van der Waals surface area contributed by atoms with E-state index in [0.29, 0.717) is 48.4 Å². The van der Waals surface area contributed by atoms with E-state index in [-0.39, 0.29) is 4.90 Å². The summed E-state index contributed by atoms with van der Waals surface area (Å²) in [6.07, 6.45) is 2.93. The van der Waals surface area contributed by atoms with E-state index in [1.165, 1.54) is 16.6 Å². The van der Waals surface area contributed by atoms with E-state index >= 15 is 0 Å². The summed E-state index contributed by atoms with van der Waals surface area (Å²) in [6.45, 7) is 8.77. The molecule has 0 aliphatic heterocycles. The number of anilines is 1. The predicted octanol–water partition coefficient (Wildman–Crippen LogP) is 5.24. The van der Waals surface area contributed by atoms with Gasteiger partial charge in [0.15, 0.2) is 0 Å². The van der Waals surface area contributed by atoms with Crippen molar-refractivity contribution in [1.82, 2.24) is 19.1 Å². The first-order valence-corrected chi connectivity index (χ1v) is 14.1. The molecule has 11 heteroatoms. The van der Waals surface area contributed by atoms with Gasteiger partial charge in [-0.15, -0.1) is 0 Å². The maximum absolute atomic E-state index is 12.7. The highest BCUT2D eigenvalue weighted by Gasteiger charge is 2.22. The van der Waals surface area contributed by atoms with Gasteiger partial charge in [0.05, 0.1) is 29.8 Å². The predicted molar refractivity (Wildman–Crippen MR) is 152 cm³/mol. The van der Waals surface area contributed by atoms with Crippen molar-refractivity contribution in [3.8, 4) is 23.1 Å². The minimum Gasteiger partial charge on any atom is -0.494 e. The Morgan fingerprint density at radius 2 is 1.67 bits per heavy atom. The lowest BCUT2D eigenvalue weighted by atomic mass is 10.2. The average molecular weight is 549 g/mol. The Morgan fingerprint density at radius 3 is 2.28 bits per heavy atom. The first-order valence-electron chi connectivity index (χ1n) is 12.7. The third-order valence-electron chi connectivity index (χ3n) is 5.86. The van der Waals surface area contributed by atoms with E-state index in [4.69, 9.17) is 9.47 Å². The van der Waals surface area contributed by atoms with Gasteiger partial charge >= 0.3 is 0 Å². The summed E-state index contributed by atoms with van der Waals surface area (Å²) < 4.78 is 40.3. The maximum Gasteiger partial charge on any atom is 0.244 e. The van der Waals surface area contributed by atoms with Crippen LogP contribution in [0.1, 0.15) is 32.0 Å². The molecule has 0 saturated heterocycles. The number of para-hydroxylation sites is 1. The van der Waals surface area contributed by atoms with Gasteiger partial charge in [0.25, 0.3) is 0 Å². The molecule has 0 spiro atoms. The van der Waals surface area contributed by atoms with Crippen molar-refractivity contribution in [3.05, 3.63) is 84.2 Å². The number of nitrogens with zero attached hydrogens (tertiary/aromatic N) is 5. The average Bonchev–Trinajstić information content (AvgIpc) is 3.26. The number of aryl methyl sites for hydroxylation is 1. The van der Waals surface area contributed by atoms with Gasteiger partial charge in [-0.3, -0.25) is 5.43 Å². The first kappa shape index (κ1) is 27.8. The SMILES string of the molecule is CCOc1ccc(Oc2c(/C=N\Nc3ccc(S(=O)(=O)N(CC)CC)cn3)c(C)nn2-c2ccccc2)cc1. The van der Waals surface area contributed by atoms with Crippen molar-refractivity contribution < 1.29 is 17.9 Å². The smallest absolute Gasteiger partial charge is 0.244 e. The molecule has 2 heterocycles. The molecule has 10 nitrogen and oxygen atoms in total. The van der Waals surface area contributed by atoms with Crippen LogP contribution in [-0.2, 0) is 10.0 Å². The molecular formula is C28H32N6O4S. The van der Waals surface area contributed by atoms with Crippen LogP contribution in [0.3, 0.4) is 0 Å². The monoisotopic (exact) mass is 548 g/mol. The number of hydrogen-bond donors (Lipinski definition) is 1. The molecule has 1 N–H and O–H groups in total. The number of nitrogens with one attached hydrogen (secondary N) is 1. The van der Waals surface area contributed by atoms with E-state index < -0.39 is 10.0 Å². The Kier molecular flexibility index (Phi) is 8.95. The lowest BCUT2D eigenvalue weighted by Crippen LogP contribution is -2.30. The summed E-state index contributed by atoms with van der Waals surface area (Å²) in [7, 11) is -3.58. The number of hydrogen-bond acceptors (Lipinski definition) is 8. The molecule has 4 aromatic rings. The molecule has 204 valence electrons. The molecule has 0 saturated carbocycles. The van der Waals surface area contributed by atoms with E-state index in [2.05, 4.69) is 20.6 Å². The van der Waals surface area contributed by atoms with Gasteiger partial charge in [-0.05, 0) is 62.4 Å². The van der Waals surface area contributed by atoms with Crippen LogP contribution in [0.4, 0.5) is 5.82 Å². The minimum absolute atomic E-state index is 0.131. The van der Waals surface area contributed by atoms with Gasteiger partial charge < -0.3 is 9.47 Å². The molecule has 0 bridgehead atoms. The molecule has 2 aromatic heterocycles. The molecule has 0 atom stereocenters. The van der Waals surface area contributed by atoms with Gasteiger partial charge in [-0.2, -0.15) is 19.2 Å². The number of aromatic nitrogens is 3. The minimum atomic E-state index is -3.58. The van der Waals surface area contributed by atoms with Gasteiger partial charge in [0.1, 0.15) is 22.2 Å². The highest BCUT2D eigenvalue weighted by Crippen LogP contribution is 2.30. The van der Waals surface area contributed by atoms with Crippen molar-refractivity contribution in [3.63, 3.8) is 0 Å². The van der Waals surface area contributed by atoms with Crippen LogP contribution in [-0.4, -0.2) is 53.4 Å². The van der Waals surface area contributed by atoms with Crippen LogP contribution in [0.25, 0.3) is 5.69 Å². The Morgan fingerprint density at radius 1 is 0.974 bits per heavy atom. The summed E-state index contributed by atoms with van der Waals surface area (Å²) in [5, 5.41) is 9.01. The Balaban J connectivity index is 1.59. The van der Waals surface area contributed by atoms with E-state index in [1.54, 1.807) is 30.8 Å². The van der Waals surface area contributed by atoms with Crippen LogP contribution in [0.15, 0.2) is 82.9 Å². The zero-order valence-corrected chi connectivity index (χ0v) is 23.2. The summed E-state index contributed by atoms with van der Waals surface area (Å²) in [6, 6.07) is 20.1. The number of benzene rings is 2. The van der Waals surface area contributed by atoms with Crippen LogP contribution < -0.4 is 14.9 Å². The van der Waals surface area contributed by atoms with Crippen molar-refractivity contribution in [2.45, 2.75) is 32.6 Å². The molecule has 0 unspecified atom stereocenters. The van der Waals surface area contributed by atoms with E-state index in [9.17, 15) is 8.42 Å². The second kappa shape index (κ2) is 12.5. The summed E-state index contributed by atoms with van der Waals surface area (Å²) in [5.74, 6) is 2.26. The summed E-state index contributed by atoms with van der Waals surface area (Å²) in [4.78, 5) is 4.35. The summed E-state index contributed by atoms with van der Waals surface area (Å²) >= 11 is 0. The van der Waals surface area contributed by atoms with Crippen LogP contribution in [0.2, 0.25) is 0 Å². The summed E-state index contributed by atoms with van der Waals surface area (Å²) in [5.41, 5.74) is 5.07. The molecule has 39 heavy (non-hydrogen) atoms. The van der Waals surface area contributed by atoms with E-state index in [1.807, 2.05) is 68.4 Å². The van der Waals surface area contributed by atoms with E-state index in [0.717, 1.165) is 11.4 Å². The molecule has 0 amide bonds. The van der Waals surface area contributed by atoms with Crippen LogP contribution in [0, 0.1) is 6.92 Å². The molecule has 4 rings (SSSR count). The van der Waals surface area contributed by atoms with Gasteiger partial charge in [0.2, 0.25) is 15.9 Å². The highest BCUT2D eigenvalue weighted by atomic mass is 32.2. The zero-order valence-electron chi connectivity index (χ0n) is 22.4. The third kappa shape index (κ3) is 6.44. The first-order chi connectivity index (χ1) is 18.9. The number of hydrazone groups is 1. The molecular weight excluding hydrogens is 516 g/mol. The van der Waals surface area contributed by atoms with Gasteiger partial charge in [-0.1, -0.05) is 32.0 Å². The largest absolute Gasteiger partial charge is 0.494 e. The van der Waals surface area contributed by atoms with Crippen LogP contribution in [0.5, 0.6) is 17.4 Å². The second-order valence-corrected chi connectivity index (χ2v) is 10.3. The Hall–Kier alpha value is -4.22. The Bertz CT molecular complexity index is 1500. The number of sulfonamides is 1. The lowest BCUT2D eigenvalue weighted by Gasteiger charge is -2.18. The molecule has 0 fully saturated rings. The quantitative estimate of drug-likeness (QED) is 0.190. The van der Waals surface area contributed by atoms with Gasteiger partial charge in [-0.25, -0.2) is 13.4 Å². The normalized spacial score (nSPS) is 11.7. The van der Waals surface area contributed by atoms with Crippen LogP contribution >= 0.6 is 0 Å². The number of ether oxygens (including phenoxy) is 2. The van der Waals surface area contributed by atoms with Gasteiger partial charge in [0, 0.05) is 19.3 Å². The van der Waals surface area contributed by atoms with Crippen molar-refractivity contribution in [2.75, 3.05) is 25.1 Å². The van der Waals surface area contributed by atoms with Crippen molar-refractivity contribution in [1.29, 1.82) is 0 Å². The third-order valence-corrected chi connectivity index (χ3v) is 7.90. The zero-order chi connectivity index (χ0) is 27.8. The molecule has 0 aliphatic carbocycles. The molecule has 0 aliphatic rings. The van der Waals surface area contributed by atoms with Crippen molar-refractivity contribution in [2.24, 2.45) is 5.10 Å². The molecule has 0 radical (unpaired) electrons. The fourth-order valence-electron chi connectivity index (χ4n) is 3.87. The fourth-order valence-corrected chi connectivity index (χ4v) is 5.27. The Labute approximate surface area is 229 Å². The standard InChI is InChI=1S/C28H32N6O4S/c1-5-33(6-2)39(35,36)25-17-18-27(29-19-25)31-30-20-26-21(4)32-34(22-11-9-8-10-12-22)28(26)38-24-15-13-23(14-16-24)37-7-3/h8-20H,5-7H2,1-4H3,(H,29,31)/b30-20-. The maximum atomic E-state index is 12.7. The topological polar surface area (TPSA) is 111 Å². The fraction of sp³-hybridized carbons (Fsp3) is 0.250.